The summed E-state index contributed by atoms with van der Waals surface area (Å²) in [7, 11) is 2.99. The van der Waals surface area contributed by atoms with Crippen LogP contribution in [0.15, 0.2) is 42.5 Å². The Bertz CT molecular complexity index is 850. The molecular weight excluding hydrogens is 358 g/mol. The number of rotatable bonds is 8. The van der Waals surface area contributed by atoms with E-state index in [0.717, 1.165) is 12.8 Å². The number of nitrogens with one attached hydrogen (secondary N) is 2. The first-order valence-electron chi connectivity index (χ1n) is 9.20. The van der Waals surface area contributed by atoms with Crippen LogP contribution in [0, 0.1) is 5.92 Å². The third-order valence-electron chi connectivity index (χ3n) is 4.81. The van der Waals surface area contributed by atoms with Gasteiger partial charge in [-0.2, -0.15) is 0 Å². The van der Waals surface area contributed by atoms with Crippen LogP contribution in [0.2, 0.25) is 0 Å². The third kappa shape index (κ3) is 4.43. The molecule has 1 aliphatic carbocycles. The summed E-state index contributed by atoms with van der Waals surface area (Å²) in [5.41, 5.74) is 6.93. The predicted molar refractivity (Wildman–Crippen MR) is 107 cm³/mol. The molecule has 148 valence electrons. The summed E-state index contributed by atoms with van der Waals surface area (Å²) in [6.07, 6.45) is 2.12. The fourth-order valence-electron chi connectivity index (χ4n) is 3.07. The van der Waals surface area contributed by atoms with E-state index < -0.39 is 0 Å². The van der Waals surface area contributed by atoms with Gasteiger partial charge in [0.2, 0.25) is 0 Å². The van der Waals surface area contributed by atoms with E-state index in [1.54, 1.807) is 36.4 Å². The lowest BCUT2D eigenvalue weighted by Crippen LogP contribution is -2.42. The molecule has 7 nitrogen and oxygen atoms in total. The van der Waals surface area contributed by atoms with Gasteiger partial charge in [-0.25, -0.2) is 0 Å². The van der Waals surface area contributed by atoms with Crippen LogP contribution in [0.1, 0.15) is 33.6 Å². The molecule has 0 spiro atoms. The monoisotopic (exact) mass is 383 g/mol. The molecule has 2 aromatic rings. The summed E-state index contributed by atoms with van der Waals surface area (Å²) in [5.74, 6) is 0.601. The zero-order chi connectivity index (χ0) is 20.1. The molecule has 1 aliphatic rings. The van der Waals surface area contributed by atoms with Gasteiger partial charge in [-0.15, -0.1) is 0 Å². The summed E-state index contributed by atoms with van der Waals surface area (Å²) in [4.78, 5) is 25.5. The number of amides is 2. The van der Waals surface area contributed by atoms with Crippen molar-refractivity contribution in [1.29, 1.82) is 0 Å². The standard InChI is InChI=1S/C21H25N3O4/c1-27-18-10-15(21(26)24-17(12-22)13-8-9-13)16(11-19(18)28-2)23-20(25)14-6-4-3-5-7-14/h3-7,10-11,13,17H,8-9,12,22H2,1-2H3,(H,23,25)(H,24,26). The van der Waals surface area contributed by atoms with E-state index in [1.807, 2.05) is 6.07 Å². The predicted octanol–water partition coefficient (Wildman–Crippen LogP) is 2.42. The van der Waals surface area contributed by atoms with E-state index in [1.165, 1.54) is 14.2 Å². The van der Waals surface area contributed by atoms with Crippen molar-refractivity contribution in [2.24, 2.45) is 11.7 Å². The van der Waals surface area contributed by atoms with E-state index >= 15 is 0 Å². The first-order valence-corrected chi connectivity index (χ1v) is 9.20. The van der Waals surface area contributed by atoms with Crippen LogP contribution < -0.4 is 25.8 Å². The van der Waals surface area contributed by atoms with Crippen LogP contribution in [-0.2, 0) is 0 Å². The van der Waals surface area contributed by atoms with Gasteiger partial charge < -0.3 is 25.8 Å². The molecular formula is C21H25N3O4. The van der Waals surface area contributed by atoms with E-state index in [4.69, 9.17) is 15.2 Å². The van der Waals surface area contributed by atoms with Crippen molar-refractivity contribution in [2.75, 3.05) is 26.1 Å². The summed E-state index contributed by atoms with van der Waals surface area (Å²) in [6, 6.07) is 11.9. The van der Waals surface area contributed by atoms with E-state index in [0.29, 0.717) is 40.8 Å². The lowest BCUT2D eigenvalue weighted by molar-refractivity contribution is 0.0934. The minimum Gasteiger partial charge on any atom is -0.493 e. The summed E-state index contributed by atoms with van der Waals surface area (Å²) < 4.78 is 10.6. The molecule has 0 bridgehead atoms. The minimum absolute atomic E-state index is 0.0849. The number of benzene rings is 2. The number of hydrogen-bond donors (Lipinski definition) is 3. The molecule has 0 radical (unpaired) electrons. The average Bonchev–Trinajstić information content (AvgIpc) is 3.57. The maximum atomic E-state index is 12.9. The van der Waals surface area contributed by atoms with Gasteiger partial charge in [0.1, 0.15) is 0 Å². The molecule has 2 amide bonds. The number of ether oxygens (including phenoxy) is 2. The Morgan fingerprint density at radius 2 is 1.71 bits per heavy atom. The van der Waals surface area contributed by atoms with Crippen LogP contribution in [0.3, 0.4) is 0 Å². The van der Waals surface area contributed by atoms with Gasteiger partial charge in [0.25, 0.3) is 11.8 Å². The van der Waals surface area contributed by atoms with Crippen molar-refractivity contribution in [3.8, 4) is 11.5 Å². The van der Waals surface area contributed by atoms with Crippen LogP contribution >= 0.6 is 0 Å². The number of hydrogen-bond acceptors (Lipinski definition) is 5. The summed E-state index contributed by atoms with van der Waals surface area (Å²) in [6.45, 7) is 0.370. The van der Waals surface area contributed by atoms with Crippen molar-refractivity contribution < 1.29 is 19.1 Å². The lowest BCUT2D eigenvalue weighted by atomic mass is 10.1. The number of nitrogens with two attached hydrogens (primary N) is 1. The quantitative estimate of drug-likeness (QED) is 0.650. The van der Waals surface area contributed by atoms with E-state index in [-0.39, 0.29) is 17.9 Å². The third-order valence-corrected chi connectivity index (χ3v) is 4.81. The largest absolute Gasteiger partial charge is 0.493 e. The molecule has 28 heavy (non-hydrogen) atoms. The molecule has 3 rings (SSSR count). The number of carbonyl (C=O) groups excluding carboxylic acids is 2. The molecule has 2 aromatic carbocycles. The molecule has 0 aromatic heterocycles. The number of methoxy groups -OCH3 is 2. The van der Waals surface area contributed by atoms with Gasteiger partial charge in [-0.3, -0.25) is 9.59 Å². The maximum absolute atomic E-state index is 12.9. The zero-order valence-electron chi connectivity index (χ0n) is 16.0. The van der Waals surface area contributed by atoms with Crippen LogP contribution in [-0.4, -0.2) is 38.6 Å². The maximum Gasteiger partial charge on any atom is 0.255 e. The summed E-state index contributed by atoms with van der Waals surface area (Å²) >= 11 is 0. The highest BCUT2D eigenvalue weighted by Gasteiger charge is 2.32. The first-order chi connectivity index (χ1) is 13.6. The molecule has 1 fully saturated rings. The molecule has 1 unspecified atom stereocenters. The van der Waals surface area contributed by atoms with Crippen molar-refractivity contribution in [2.45, 2.75) is 18.9 Å². The van der Waals surface area contributed by atoms with Crippen molar-refractivity contribution in [3.05, 3.63) is 53.6 Å². The Kier molecular flexibility index (Phi) is 6.16. The van der Waals surface area contributed by atoms with E-state index in [2.05, 4.69) is 10.6 Å². The summed E-state index contributed by atoms with van der Waals surface area (Å²) in [5, 5.41) is 5.78. The lowest BCUT2D eigenvalue weighted by Gasteiger charge is -2.19. The molecule has 0 heterocycles. The van der Waals surface area contributed by atoms with Crippen molar-refractivity contribution >= 4 is 17.5 Å². The molecule has 1 saturated carbocycles. The number of anilines is 1. The molecule has 1 atom stereocenters. The van der Waals surface area contributed by atoms with Crippen LogP contribution in [0.25, 0.3) is 0 Å². The van der Waals surface area contributed by atoms with Gasteiger partial charge in [0.05, 0.1) is 25.5 Å². The van der Waals surface area contributed by atoms with Gasteiger partial charge in [0.15, 0.2) is 11.5 Å². The van der Waals surface area contributed by atoms with Gasteiger partial charge in [-0.05, 0) is 37.0 Å². The topological polar surface area (TPSA) is 103 Å². The van der Waals surface area contributed by atoms with Crippen molar-refractivity contribution in [3.63, 3.8) is 0 Å². The second kappa shape index (κ2) is 8.75. The second-order valence-electron chi connectivity index (χ2n) is 6.73. The minimum atomic E-state index is -0.320. The highest BCUT2D eigenvalue weighted by molar-refractivity contribution is 6.09. The SMILES string of the molecule is COc1cc(NC(=O)c2ccccc2)c(C(=O)NC(CN)C2CC2)cc1OC. The highest BCUT2D eigenvalue weighted by Crippen LogP contribution is 2.35. The van der Waals surface area contributed by atoms with Crippen LogP contribution in [0.4, 0.5) is 5.69 Å². The normalized spacial score (nSPS) is 14.1. The smallest absolute Gasteiger partial charge is 0.255 e. The Hall–Kier alpha value is -3.06. The molecule has 7 heteroatoms. The fourth-order valence-corrected chi connectivity index (χ4v) is 3.07. The highest BCUT2D eigenvalue weighted by atomic mass is 16.5. The number of carbonyl (C=O) groups is 2. The molecule has 0 aliphatic heterocycles. The Balaban J connectivity index is 1.92. The van der Waals surface area contributed by atoms with Crippen molar-refractivity contribution in [1.82, 2.24) is 5.32 Å². The molecule has 4 N–H and O–H groups in total. The molecule has 0 saturated heterocycles. The van der Waals surface area contributed by atoms with Gasteiger partial charge >= 0.3 is 0 Å². The zero-order valence-corrected chi connectivity index (χ0v) is 16.0. The fraction of sp³-hybridized carbons (Fsp3) is 0.333. The van der Waals surface area contributed by atoms with E-state index in [9.17, 15) is 9.59 Å². The Morgan fingerprint density at radius 3 is 2.29 bits per heavy atom. The van der Waals surface area contributed by atoms with Gasteiger partial charge in [0, 0.05) is 24.2 Å². The van der Waals surface area contributed by atoms with Crippen LogP contribution in [0.5, 0.6) is 11.5 Å². The Morgan fingerprint density at radius 1 is 1.07 bits per heavy atom. The first kappa shape index (κ1) is 19.7. The van der Waals surface area contributed by atoms with Gasteiger partial charge in [-0.1, -0.05) is 18.2 Å². The Labute approximate surface area is 164 Å². The second-order valence-corrected chi connectivity index (χ2v) is 6.73. The average molecular weight is 383 g/mol.